The van der Waals surface area contributed by atoms with Crippen LogP contribution in [-0.2, 0) is 0 Å². The van der Waals surface area contributed by atoms with Gasteiger partial charge in [0.1, 0.15) is 0 Å². The summed E-state index contributed by atoms with van der Waals surface area (Å²) < 4.78 is 1.14. The normalized spacial score (nSPS) is 16.0. The van der Waals surface area contributed by atoms with Crippen molar-refractivity contribution in [1.29, 1.82) is 0 Å². The van der Waals surface area contributed by atoms with Crippen molar-refractivity contribution in [2.45, 2.75) is 18.1 Å². The van der Waals surface area contributed by atoms with E-state index in [1.165, 1.54) is 49.4 Å². The number of hydrogen-bond acceptors (Lipinski definition) is 2. The lowest BCUT2D eigenvalue weighted by atomic mass is 10.0. The standard InChI is InChI=1S/C19H22BrNS.ClH/c20-18-10-8-17(9-11-18)19(16-6-2-1-3-7-16)22-15-14-21-12-4-5-13-21;/h1-3,6-11,19H,4-5,12-15H2;1H. The molecule has 2 aromatic rings. The van der Waals surface area contributed by atoms with E-state index in [2.05, 4.69) is 87.2 Å². The Kier molecular flexibility index (Phi) is 7.97. The van der Waals surface area contributed by atoms with Crippen LogP contribution in [0.25, 0.3) is 0 Å². The second-order valence-electron chi connectivity index (χ2n) is 5.76. The van der Waals surface area contributed by atoms with Crippen LogP contribution in [0.2, 0.25) is 0 Å². The highest BCUT2D eigenvalue weighted by Crippen LogP contribution is 2.36. The van der Waals surface area contributed by atoms with Crippen molar-refractivity contribution in [2.24, 2.45) is 0 Å². The molecular formula is C19H23BrClNS. The van der Waals surface area contributed by atoms with Gasteiger partial charge >= 0.3 is 0 Å². The van der Waals surface area contributed by atoms with Crippen LogP contribution in [0, 0.1) is 0 Å². The molecular weight excluding hydrogens is 390 g/mol. The molecule has 1 aliphatic heterocycles. The lowest BCUT2D eigenvalue weighted by molar-refractivity contribution is 0.362. The summed E-state index contributed by atoms with van der Waals surface area (Å²) in [6.07, 6.45) is 2.75. The van der Waals surface area contributed by atoms with Gasteiger partial charge in [-0.2, -0.15) is 0 Å². The third-order valence-electron chi connectivity index (χ3n) is 4.17. The van der Waals surface area contributed by atoms with E-state index in [0.717, 1.165) is 4.47 Å². The zero-order chi connectivity index (χ0) is 15.2. The molecule has 0 N–H and O–H groups in total. The molecule has 1 heterocycles. The van der Waals surface area contributed by atoms with E-state index in [1.54, 1.807) is 0 Å². The van der Waals surface area contributed by atoms with Crippen molar-refractivity contribution in [3.8, 4) is 0 Å². The molecule has 3 rings (SSSR count). The summed E-state index contributed by atoms with van der Waals surface area (Å²) in [4.78, 5) is 2.59. The third kappa shape index (κ3) is 5.53. The second-order valence-corrected chi connectivity index (χ2v) is 7.89. The van der Waals surface area contributed by atoms with Crippen molar-refractivity contribution in [2.75, 3.05) is 25.4 Å². The van der Waals surface area contributed by atoms with E-state index in [4.69, 9.17) is 0 Å². The first-order valence-electron chi connectivity index (χ1n) is 7.97. The predicted octanol–water partition coefficient (Wildman–Crippen LogP) is 5.79. The van der Waals surface area contributed by atoms with Crippen molar-refractivity contribution < 1.29 is 0 Å². The Hall–Kier alpha value is -0.480. The highest BCUT2D eigenvalue weighted by Gasteiger charge is 2.16. The van der Waals surface area contributed by atoms with Gasteiger partial charge in [0, 0.05) is 16.8 Å². The van der Waals surface area contributed by atoms with Crippen LogP contribution >= 0.6 is 40.1 Å². The minimum absolute atomic E-state index is 0. The molecule has 23 heavy (non-hydrogen) atoms. The number of halogens is 2. The molecule has 1 atom stereocenters. The number of rotatable bonds is 6. The van der Waals surface area contributed by atoms with Crippen LogP contribution in [-0.4, -0.2) is 30.3 Å². The van der Waals surface area contributed by atoms with E-state index < -0.39 is 0 Å². The van der Waals surface area contributed by atoms with E-state index in [1.807, 2.05) is 0 Å². The quantitative estimate of drug-likeness (QED) is 0.591. The smallest absolute Gasteiger partial charge is 0.0547 e. The van der Waals surface area contributed by atoms with Gasteiger partial charge in [0.15, 0.2) is 0 Å². The van der Waals surface area contributed by atoms with Crippen LogP contribution in [0.4, 0.5) is 0 Å². The zero-order valence-electron chi connectivity index (χ0n) is 13.2. The van der Waals surface area contributed by atoms with Crippen LogP contribution in [0.1, 0.15) is 29.2 Å². The van der Waals surface area contributed by atoms with Gasteiger partial charge in [-0.05, 0) is 49.2 Å². The topological polar surface area (TPSA) is 3.24 Å². The average molecular weight is 413 g/mol. The highest BCUT2D eigenvalue weighted by molar-refractivity contribution is 9.10. The van der Waals surface area contributed by atoms with Gasteiger partial charge in [0.25, 0.3) is 0 Å². The van der Waals surface area contributed by atoms with Crippen LogP contribution < -0.4 is 0 Å². The summed E-state index contributed by atoms with van der Waals surface area (Å²) >= 11 is 5.60. The highest BCUT2D eigenvalue weighted by atomic mass is 79.9. The fourth-order valence-corrected chi connectivity index (χ4v) is 4.52. The van der Waals surface area contributed by atoms with Gasteiger partial charge < -0.3 is 4.90 Å². The molecule has 0 bridgehead atoms. The summed E-state index contributed by atoms with van der Waals surface area (Å²) in [6.45, 7) is 3.79. The van der Waals surface area contributed by atoms with Crippen molar-refractivity contribution in [1.82, 2.24) is 4.90 Å². The minimum atomic E-state index is 0. The Morgan fingerprint density at radius 1 is 0.913 bits per heavy atom. The Morgan fingerprint density at radius 3 is 2.17 bits per heavy atom. The lowest BCUT2D eigenvalue weighted by Crippen LogP contribution is -2.22. The summed E-state index contributed by atoms with van der Waals surface area (Å²) in [7, 11) is 0. The SMILES string of the molecule is Brc1ccc(C(SCCN2CCCC2)c2ccccc2)cc1.Cl. The van der Waals surface area contributed by atoms with Crippen LogP contribution in [0.5, 0.6) is 0 Å². The Labute approximate surface area is 158 Å². The molecule has 2 aromatic carbocycles. The fraction of sp³-hybridized carbons (Fsp3) is 0.368. The summed E-state index contributed by atoms with van der Waals surface area (Å²) in [5, 5.41) is 0.428. The monoisotopic (exact) mass is 411 g/mol. The summed E-state index contributed by atoms with van der Waals surface area (Å²) in [5.74, 6) is 1.19. The van der Waals surface area contributed by atoms with Gasteiger partial charge in [0.2, 0.25) is 0 Å². The molecule has 1 fully saturated rings. The predicted molar refractivity (Wildman–Crippen MR) is 108 cm³/mol. The summed E-state index contributed by atoms with van der Waals surface area (Å²) in [6, 6.07) is 19.6. The molecule has 1 unspecified atom stereocenters. The van der Waals surface area contributed by atoms with E-state index >= 15 is 0 Å². The number of nitrogens with zero attached hydrogens (tertiary/aromatic N) is 1. The first-order chi connectivity index (χ1) is 10.8. The van der Waals surface area contributed by atoms with Gasteiger partial charge in [-0.25, -0.2) is 0 Å². The summed E-state index contributed by atoms with van der Waals surface area (Å²) in [5.41, 5.74) is 2.79. The van der Waals surface area contributed by atoms with Crippen LogP contribution in [0.3, 0.4) is 0 Å². The Balaban J connectivity index is 0.00000192. The maximum Gasteiger partial charge on any atom is 0.0547 e. The van der Waals surface area contributed by atoms with Gasteiger partial charge in [-0.3, -0.25) is 0 Å². The van der Waals surface area contributed by atoms with Crippen LogP contribution in [0.15, 0.2) is 59.1 Å². The molecule has 0 amide bonds. The van der Waals surface area contributed by atoms with Crippen molar-refractivity contribution in [3.05, 3.63) is 70.2 Å². The molecule has 1 aliphatic rings. The van der Waals surface area contributed by atoms with E-state index in [0.29, 0.717) is 5.25 Å². The van der Waals surface area contributed by atoms with Gasteiger partial charge in [-0.1, -0.05) is 58.4 Å². The van der Waals surface area contributed by atoms with Gasteiger partial charge in [0.05, 0.1) is 5.25 Å². The van der Waals surface area contributed by atoms with Crippen molar-refractivity contribution >= 4 is 40.1 Å². The first-order valence-corrected chi connectivity index (χ1v) is 9.81. The maximum absolute atomic E-state index is 3.53. The molecule has 0 saturated carbocycles. The number of hydrogen-bond donors (Lipinski definition) is 0. The van der Waals surface area contributed by atoms with Crippen molar-refractivity contribution in [3.63, 3.8) is 0 Å². The molecule has 1 nitrogen and oxygen atoms in total. The van der Waals surface area contributed by atoms with E-state index in [-0.39, 0.29) is 12.4 Å². The molecule has 0 aliphatic carbocycles. The second kappa shape index (κ2) is 9.73. The molecule has 4 heteroatoms. The minimum Gasteiger partial charge on any atom is -0.303 e. The lowest BCUT2D eigenvalue weighted by Gasteiger charge is -2.20. The van der Waals surface area contributed by atoms with Gasteiger partial charge in [-0.15, -0.1) is 24.2 Å². The zero-order valence-corrected chi connectivity index (χ0v) is 16.4. The molecule has 0 spiro atoms. The fourth-order valence-electron chi connectivity index (χ4n) is 2.96. The number of likely N-dealkylation sites (tertiary alicyclic amines) is 1. The maximum atomic E-state index is 3.53. The number of benzene rings is 2. The molecule has 0 radical (unpaired) electrons. The molecule has 1 saturated heterocycles. The first kappa shape index (κ1) is 18.9. The third-order valence-corrected chi connectivity index (χ3v) is 5.99. The number of thioether (sulfide) groups is 1. The Morgan fingerprint density at radius 2 is 1.52 bits per heavy atom. The largest absolute Gasteiger partial charge is 0.303 e. The van der Waals surface area contributed by atoms with E-state index in [9.17, 15) is 0 Å². The average Bonchev–Trinajstić information content (AvgIpc) is 3.07. The molecule has 124 valence electrons. The Bertz CT molecular complexity index is 570. The molecule has 0 aromatic heterocycles.